The van der Waals surface area contributed by atoms with Crippen molar-refractivity contribution in [3.05, 3.63) is 35.4 Å². The van der Waals surface area contributed by atoms with Gasteiger partial charge in [-0.3, -0.25) is 10.1 Å². The lowest BCUT2D eigenvalue weighted by Gasteiger charge is -2.26. The number of ether oxygens (including phenoxy) is 1. The van der Waals surface area contributed by atoms with Crippen LogP contribution in [0.4, 0.5) is 0 Å². The van der Waals surface area contributed by atoms with Crippen LogP contribution in [0.5, 0.6) is 0 Å². The number of benzene rings is 1. The van der Waals surface area contributed by atoms with Crippen molar-refractivity contribution >= 4 is 36.3 Å². The van der Waals surface area contributed by atoms with E-state index in [9.17, 15) is 9.59 Å². The zero-order valence-electron chi connectivity index (χ0n) is 15.8. The van der Waals surface area contributed by atoms with Crippen molar-refractivity contribution in [3.8, 4) is 0 Å². The van der Waals surface area contributed by atoms with Crippen LogP contribution in [0.1, 0.15) is 50.7 Å². The molecule has 0 spiro atoms. The van der Waals surface area contributed by atoms with E-state index in [1.165, 1.54) is 11.1 Å². The van der Waals surface area contributed by atoms with Gasteiger partial charge in [0, 0.05) is 5.75 Å². The molecule has 1 aromatic carbocycles. The first-order valence-corrected chi connectivity index (χ1v) is 10.8. The number of rotatable bonds is 8. The Labute approximate surface area is 166 Å². The number of hydrogen-bond acceptors (Lipinski definition) is 6. The van der Waals surface area contributed by atoms with E-state index in [2.05, 4.69) is 56.1 Å². The molecule has 1 N–H and O–H groups in total. The molecule has 0 aromatic heterocycles. The van der Waals surface area contributed by atoms with Gasteiger partial charge in [-0.05, 0) is 48.6 Å². The highest BCUT2D eigenvalue weighted by Crippen LogP contribution is 2.34. The second-order valence-electron chi connectivity index (χ2n) is 7.14. The number of thiol groups is 1. The van der Waals surface area contributed by atoms with Crippen molar-refractivity contribution < 1.29 is 14.3 Å². The summed E-state index contributed by atoms with van der Waals surface area (Å²) in [6.45, 7) is 6.84. The largest absolute Gasteiger partial charge is 0.391 e. The molecule has 1 aliphatic rings. The number of nitrogens with one attached hydrogen (secondary N) is 1. The van der Waals surface area contributed by atoms with Crippen molar-refractivity contribution in [2.75, 3.05) is 18.1 Å². The van der Waals surface area contributed by atoms with E-state index in [1.807, 2.05) is 0 Å². The molecule has 6 heteroatoms. The van der Waals surface area contributed by atoms with E-state index >= 15 is 0 Å². The van der Waals surface area contributed by atoms with Crippen LogP contribution < -0.4 is 5.32 Å². The third-order valence-corrected chi connectivity index (χ3v) is 6.66. The van der Waals surface area contributed by atoms with Gasteiger partial charge in [0.25, 0.3) is 0 Å². The molecule has 1 aromatic rings. The van der Waals surface area contributed by atoms with Crippen molar-refractivity contribution in [3.63, 3.8) is 0 Å². The fraction of sp³-hybridized carbons (Fsp3) is 0.600. The molecule has 26 heavy (non-hydrogen) atoms. The van der Waals surface area contributed by atoms with Crippen LogP contribution in [0.15, 0.2) is 24.3 Å². The first kappa shape index (κ1) is 21.3. The molecule has 0 saturated carbocycles. The highest BCUT2D eigenvalue weighted by Gasteiger charge is 2.44. The summed E-state index contributed by atoms with van der Waals surface area (Å²) in [4.78, 5) is 23.7. The maximum Gasteiger partial charge on any atom is 0.344 e. The van der Waals surface area contributed by atoms with Gasteiger partial charge in [-0.15, -0.1) is 11.8 Å². The van der Waals surface area contributed by atoms with Crippen LogP contribution in [-0.2, 0) is 20.7 Å². The van der Waals surface area contributed by atoms with Crippen molar-refractivity contribution in [2.45, 2.75) is 50.8 Å². The Morgan fingerprint density at radius 3 is 2.50 bits per heavy atom. The quantitative estimate of drug-likeness (QED) is 0.398. The van der Waals surface area contributed by atoms with E-state index < -0.39 is 16.8 Å². The van der Waals surface area contributed by atoms with Gasteiger partial charge in [0.1, 0.15) is 0 Å². The summed E-state index contributed by atoms with van der Waals surface area (Å²) in [6.07, 6.45) is 2.47. The Morgan fingerprint density at radius 1 is 1.27 bits per heavy atom. The molecule has 0 bridgehead atoms. The molecule has 4 nitrogen and oxygen atoms in total. The van der Waals surface area contributed by atoms with Crippen LogP contribution in [0.25, 0.3) is 0 Å². The molecule has 0 amide bonds. The average molecular weight is 396 g/mol. The summed E-state index contributed by atoms with van der Waals surface area (Å²) in [5, 5.41) is 3.26. The Kier molecular flexibility index (Phi) is 8.05. The number of esters is 2. The molecular formula is C20H29NO3S2. The number of hydrogen-bond donors (Lipinski definition) is 2. The minimum absolute atomic E-state index is 0.367. The van der Waals surface area contributed by atoms with Crippen LogP contribution in [0, 0.1) is 5.92 Å². The number of thioether (sulfide) groups is 1. The van der Waals surface area contributed by atoms with Crippen LogP contribution in [0.2, 0.25) is 0 Å². The third kappa shape index (κ3) is 5.51. The number of carbonyl (C=O) groups is 2. The van der Waals surface area contributed by atoms with Gasteiger partial charge in [-0.2, -0.15) is 12.6 Å². The van der Waals surface area contributed by atoms with E-state index in [0.717, 1.165) is 25.1 Å². The smallest absolute Gasteiger partial charge is 0.344 e. The van der Waals surface area contributed by atoms with E-state index in [0.29, 0.717) is 18.1 Å². The summed E-state index contributed by atoms with van der Waals surface area (Å²) in [5.41, 5.74) is 2.58. The lowest BCUT2D eigenvalue weighted by Crippen LogP contribution is -2.47. The van der Waals surface area contributed by atoms with Gasteiger partial charge in [0.05, 0.1) is 5.92 Å². The Bertz CT molecular complexity index is 610. The SMILES string of the molecule is CC(C)c1ccc(CCS[C@]2(C(=O)OC(=O)[C@H](C)CS)CCCN2)cc1. The topological polar surface area (TPSA) is 55.4 Å². The lowest BCUT2D eigenvalue weighted by molar-refractivity contribution is -0.163. The van der Waals surface area contributed by atoms with Gasteiger partial charge in [0.2, 0.25) is 0 Å². The molecule has 1 saturated heterocycles. The number of aryl methyl sites for hydroxylation is 1. The first-order valence-electron chi connectivity index (χ1n) is 9.23. The third-order valence-electron chi connectivity index (χ3n) is 4.70. The van der Waals surface area contributed by atoms with Crippen molar-refractivity contribution in [2.24, 2.45) is 5.92 Å². The van der Waals surface area contributed by atoms with Crippen LogP contribution in [0.3, 0.4) is 0 Å². The summed E-state index contributed by atoms with van der Waals surface area (Å²) >= 11 is 5.64. The Balaban J connectivity index is 1.92. The van der Waals surface area contributed by atoms with E-state index in [-0.39, 0.29) is 5.92 Å². The Morgan fingerprint density at radius 2 is 1.96 bits per heavy atom. The second-order valence-corrected chi connectivity index (χ2v) is 8.90. The molecule has 144 valence electrons. The minimum Gasteiger partial charge on any atom is -0.391 e. The molecular weight excluding hydrogens is 366 g/mol. The maximum atomic E-state index is 12.6. The lowest BCUT2D eigenvalue weighted by atomic mass is 10.0. The molecule has 0 unspecified atom stereocenters. The van der Waals surface area contributed by atoms with Crippen molar-refractivity contribution in [1.29, 1.82) is 0 Å². The van der Waals surface area contributed by atoms with Gasteiger partial charge in [0.15, 0.2) is 4.87 Å². The second kappa shape index (κ2) is 9.81. The van der Waals surface area contributed by atoms with Gasteiger partial charge in [-0.25, -0.2) is 4.79 Å². The normalized spacial score (nSPS) is 21.0. The average Bonchev–Trinajstić information content (AvgIpc) is 3.11. The zero-order valence-corrected chi connectivity index (χ0v) is 17.5. The number of carbonyl (C=O) groups excluding carboxylic acids is 2. The molecule has 0 aliphatic carbocycles. The first-order chi connectivity index (χ1) is 12.4. The van der Waals surface area contributed by atoms with E-state index in [4.69, 9.17) is 4.74 Å². The fourth-order valence-electron chi connectivity index (χ4n) is 2.83. The maximum absolute atomic E-state index is 12.6. The molecule has 2 atom stereocenters. The van der Waals surface area contributed by atoms with Gasteiger partial charge < -0.3 is 4.74 Å². The molecule has 1 heterocycles. The zero-order chi connectivity index (χ0) is 19.2. The summed E-state index contributed by atoms with van der Waals surface area (Å²) in [7, 11) is 0. The summed E-state index contributed by atoms with van der Waals surface area (Å²) < 4.78 is 5.13. The minimum atomic E-state index is -0.802. The summed E-state index contributed by atoms with van der Waals surface area (Å²) in [6, 6.07) is 8.64. The molecule has 2 rings (SSSR count). The van der Waals surface area contributed by atoms with E-state index in [1.54, 1.807) is 18.7 Å². The summed E-state index contributed by atoms with van der Waals surface area (Å²) in [5.74, 6) is 0.337. The highest BCUT2D eigenvalue weighted by atomic mass is 32.2. The molecule has 1 fully saturated rings. The molecule has 0 radical (unpaired) electrons. The monoisotopic (exact) mass is 395 g/mol. The molecule has 1 aliphatic heterocycles. The standard InChI is InChI=1S/C20H29NO3S2/c1-14(2)17-7-5-16(6-8-17)9-12-26-20(10-4-11-21-20)19(23)24-18(22)15(3)13-25/h5-8,14-15,21,25H,4,9-13H2,1-3H3/t15-,20+/m1/s1. The Hall–Kier alpha value is -0.980. The van der Waals surface area contributed by atoms with Crippen molar-refractivity contribution in [1.82, 2.24) is 5.32 Å². The van der Waals surface area contributed by atoms with Gasteiger partial charge in [-0.1, -0.05) is 45.0 Å². The predicted octanol–water partition coefficient (Wildman–Crippen LogP) is 3.80. The highest BCUT2D eigenvalue weighted by molar-refractivity contribution is 8.01. The van der Waals surface area contributed by atoms with Gasteiger partial charge >= 0.3 is 11.9 Å². The predicted molar refractivity (Wildman–Crippen MR) is 111 cm³/mol. The van der Waals surface area contributed by atoms with Crippen LogP contribution >= 0.6 is 24.4 Å². The van der Waals surface area contributed by atoms with Crippen LogP contribution in [-0.4, -0.2) is 34.9 Å². The fourth-order valence-corrected chi connectivity index (χ4v) is 4.32.